The molecule has 1 fully saturated rings. The summed E-state index contributed by atoms with van der Waals surface area (Å²) < 4.78 is 35.6. The van der Waals surface area contributed by atoms with Crippen molar-refractivity contribution in [1.29, 1.82) is 0 Å². The fourth-order valence-corrected chi connectivity index (χ4v) is 3.52. The first-order chi connectivity index (χ1) is 9.48. The van der Waals surface area contributed by atoms with Crippen LogP contribution in [0.2, 0.25) is 0 Å². The molecule has 2 rings (SSSR count). The first-order valence-corrected chi connectivity index (χ1v) is 7.27. The number of H-pyrrole nitrogens is 1. The van der Waals surface area contributed by atoms with E-state index in [2.05, 4.69) is 9.72 Å². The number of rotatable bonds is 3. The van der Waals surface area contributed by atoms with E-state index in [1.165, 1.54) is 6.20 Å². The fourth-order valence-electron chi connectivity index (χ4n) is 1.93. The standard InChI is InChI=1S/C11H14N2O6S/c1-18-11(15)8-7-19-5-4-13(8)20(16,17)10-6-12-3-2-9(10)14/h2-3,6,8H,4-5,7H2,1H3,(H,12,14). The van der Waals surface area contributed by atoms with E-state index < -0.39 is 32.4 Å². The van der Waals surface area contributed by atoms with E-state index in [0.717, 1.165) is 23.7 Å². The number of hydrogen-bond acceptors (Lipinski definition) is 6. The molecule has 0 saturated carbocycles. The second-order valence-electron chi connectivity index (χ2n) is 4.10. The van der Waals surface area contributed by atoms with Crippen molar-refractivity contribution in [1.82, 2.24) is 9.29 Å². The highest BCUT2D eigenvalue weighted by atomic mass is 32.2. The van der Waals surface area contributed by atoms with Crippen molar-refractivity contribution in [2.24, 2.45) is 0 Å². The number of nitrogens with zero attached hydrogens (tertiary/aromatic N) is 1. The van der Waals surface area contributed by atoms with Crippen molar-refractivity contribution in [3.05, 3.63) is 28.7 Å². The molecule has 20 heavy (non-hydrogen) atoms. The SMILES string of the molecule is COC(=O)C1COCCN1S(=O)(=O)c1c[nH]ccc1=O. The molecular formula is C11H14N2O6S. The lowest BCUT2D eigenvalue weighted by molar-refractivity contribution is -0.149. The summed E-state index contributed by atoms with van der Waals surface area (Å²) >= 11 is 0. The molecule has 1 aromatic rings. The maximum atomic E-state index is 12.5. The number of ether oxygens (including phenoxy) is 2. The number of hydrogen-bond donors (Lipinski definition) is 1. The number of aromatic amines is 1. The van der Waals surface area contributed by atoms with Crippen molar-refractivity contribution in [2.45, 2.75) is 10.9 Å². The molecule has 0 bridgehead atoms. The Morgan fingerprint density at radius 1 is 1.55 bits per heavy atom. The Bertz CT molecular complexity index is 653. The van der Waals surface area contributed by atoms with Crippen LogP contribution >= 0.6 is 0 Å². The van der Waals surface area contributed by atoms with Gasteiger partial charge in [0.15, 0.2) is 0 Å². The Balaban J connectivity index is 2.44. The average Bonchev–Trinajstić information content (AvgIpc) is 2.46. The molecule has 0 radical (unpaired) electrons. The number of methoxy groups -OCH3 is 1. The first kappa shape index (κ1) is 14.7. The van der Waals surface area contributed by atoms with Gasteiger partial charge in [0, 0.05) is 25.0 Å². The van der Waals surface area contributed by atoms with Crippen LogP contribution in [0.1, 0.15) is 0 Å². The first-order valence-electron chi connectivity index (χ1n) is 5.83. The summed E-state index contributed by atoms with van der Waals surface area (Å²) in [6.45, 7) is 0.0323. The van der Waals surface area contributed by atoms with Crippen molar-refractivity contribution in [3.63, 3.8) is 0 Å². The predicted octanol–water partition coefficient (Wildman–Crippen LogP) is -1.06. The third-order valence-electron chi connectivity index (χ3n) is 2.93. The van der Waals surface area contributed by atoms with E-state index in [1.807, 2.05) is 0 Å². The van der Waals surface area contributed by atoms with Gasteiger partial charge in [-0.3, -0.25) is 9.59 Å². The quantitative estimate of drug-likeness (QED) is 0.713. The fraction of sp³-hybridized carbons (Fsp3) is 0.455. The maximum Gasteiger partial charge on any atom is 0.326 e. The van der Waals surface area contributed by atoms with Crippen LogP contribution in [0.4, 0.5) is 0 Å². The van der Waals surface area contributed by atoms with Crippen LogP contribution in [-0.4, -0.2) is 56.6 Å². The largest absolute Gasteiger partial charge is 0.468 e. The molecule has 1 aromatic heterocycles. The Hall–Kier alpha value is -1.71. The number of sulfonamides is 1. The summed E-state index contributed by atoms with van der Waals surface area (Å²) in [5.41, 5.74) is -0.640. The molecule has 1 aliphatic rings. The molecule has 1 N–H and O–H groups in total. The minimum atomic E-state index is -4.09. The lowest BCUT2D eigenvalue weighted by Crippen LogP contribution is -2.53. The summed E-state index contributed by atoms with van der Waals surface area (Å²) in [5, 5.41) is 0. The summed E-state index contributed by atoms with van der Waals surface area (Å²) in [4.78, 5) is 25.5. The number of esters is 1. The molecule has 1 aliphatic heterocycles. The molecule has 1 saturated heterocycles. The van der Waals surface area contributed by atoms with Gasteiger partial charge in [-0.15, -0.1) is 0 Å². The molecule has 2 heterocycles. The van der Waals surface area contributed by atoms with Crippen LogP contribution in [-0.2, 0) is 24.3 Å². The normalized spacial score (nSPS) is 20.6. The Morgan fingerprint density at radius 3 is 2.95 bits per heavy atom. The molecule has 0 spiro atoms. The van der Waals surface area contributed by atoms with Gasteiger partial charge in [0.25, 0.3) is 0 Å². The number of nitrogens with one attached hydrogen (secondary N) is 1. The van der Waals surface area contributed by atoms with Gasteiger partial charge in [-0.1, -0.05) is 0 Å². The number of pyridine rings is 1. The number of carbonyl (C=O) groups is 1. The Morgan fingerprint density at radius 2 is 2.30 bits per heavy atom. The van der Waals surface area contributed by atoms with Crippen molar-refractivity contribution >= 4 is 16.0 Å². The van der Waals surface area contributed by atoms with Crippen LogP contribution in [0.15, 0.2) is 28.2 Å². The molecule has 9 heteroatoms. The van der Waals surface area contributed by atoms with E-state index in [-0.39, 0.29) is 19.8 Å². The summed E-state index contributed by atoms with van der Waals surface area (Å²) in [6.07, 6.45) is 2.43. The second-order valence-corrected chi connectivity index (χ2v) is 5.96. The summed E-state index contributed by atoms with van der Waals surface area (Å²) in [7, 11) is -2.92. The zero-order valence-corrected chi connectivity index (χ0v) is 11.6. The second kappa shape index (κ2) is 5.73. The smallest absolute Gasteiger partial charge is 0.326 e. The van der Waals surface area contributed by atoms with E-state index >= 15 is 0 Å². The zero-order chi connectivity index (χ0) is 14.8. The van der Waals surface area contributed by atoms with E-state index in [0.29, 0.717) is 0 Å². The monoisotopic (exact) mass is 302 g/mol. The number of carbonyl (C=O) groups excluding carboxylic acids is 1. The molecule has 0 aromatic carbocycles. The number of aromatic nitrogens is 1. The third kappa shape index (κ3) is 2.60. The van der Waals surface area contributed by atoms with Crippen molar-refractivity contribution in [3.8, 4) is 0 Å². The lowest BCUT2D eigenvalue weighted by Gasteiger charge is -2.32. The minimum Gasteiger partial charge on any atom is -0.468 e. The van der Waals surface area contributed by atoms with Gasteiger partial charge in [-0.05, 0) is 0 Å². The average molecular weight is 302 g/mol. The Kier molecular flexibility index (Phi) is 4.21. The van der Waals surface area contributed by atoms with Crippen molar-refractivity contribution < 1.29 is 22.7 Å². The van der Waals surface area contributed by atoms with Crippen molar-refractivity contribution in [2.75, 3.05) is 26.9 Å². The molecular weight excluding hydrogens is 288 g/mol. The predicted molar refractivity (Wildman–Crippen MR) is 67.6 cm³/mol. The zero-order valence-electron chi connectivity index (χ0n) is 10.7. The highest BCUT2D eigenvalue weighted by Crippen LogP contribution is 2.18. The van der Waals surface area contributed by atoms with E-state index in [1.54, 1.807) is 0 Å². The highest BCUT2D eigenvalue weighted by molar-refractivity contribution is 7.89. The van der Waals surface area contributed by atoms with Gasteiger partial charge in [-0.25, -0.2) is 8.42 Å². The molecule has 1 unspecified atom stereocenters. The molecule has 0 aliphatic carbocycles. The van der Waals surface area contributed by atoms with Gasteiger partial charge in [0.1, 0.15) is 10.9 Å². The molecule has 110 valence electrons. The topological polar surface area (TPSA) is 106 Å². The van der Waals surface area contributed by atoms with E-state index in [9.17, 15) is 18.0 Å². The Labute approximate surface area is 115 Å². The lowest BCUT2D eigenvalue weighted by atomic mass is 10.3. The van der Waals surface area contributed by atoms with Crippen LogP contribution in [0, 0.1) is 0 Å². The van der Waals surface area contributed by atoms with Crippen LogP contribution in [0.5, 0.6) is 0 Å². The van der Waals surface area contributed by atoms with Gasteiger partial charge in [0.2, 0.25) is 15.5 Å². The molecule has 1 atom stereocenters. The van der Waals surface area contributed by atoms with Crippen LogP contribution in [0.25, 0.3) is 0 Å². The van der Waals surface area contributed by atoms with Crippen LogP contribution < -0.4 is 5.43 Å². The van der Waals surface area contributed by atoms with Gasteiger partial charge < -0.3 is 14.5 Å². The molecule has 0 amide bonds. The number of morpholine rings is 1. The van der Waals surface area contributed by atoms with Crippen LogP contribution in [0.3, 0.4) is 0 Å². The summed E-state index contributed by atoms with van der Waals surface area (Å²) in [6, 6.07) is 0.0267. The maximum absolute atomic E-state index is 12.5. The highest BCUT2D eigenvalue weighted by Gasteiger charge is 2.39. The minimum absolute atomic E-state index is 0.0174. The van der Waals surface area contributed by atoms with Gasteiger partial charge >= 0.3 is 5.97 Å². The van der Waals surface area contributed by atoms with E-state index in [4.69, 9.17) is 4.74 Å². The van der Waals surface area contributed by atoms with Gasteiger partial charge in [-0.2, -0.15) is 4.31 Å². The molecule has 8 nitrogen and oxygen atoms in total. The third-order valence-corrected chi connectivity index (χ3v) is 4.86. The summed E-state index contributed by atoms with van der Waals surface area (Å²) in [5.74, 6) is -0.722. The van der Waals surface area contributed by atoms with Gasteiger partial charge in [0.05, 0.1) is 20.3 Å².